The van der Waals surface area contributed by atoms with Gasteiger partial charge in [0.15, 0.2) is 5.11 Å². The first-order valence-corrected chi connectivity index (χ1v) is 7.28. The molecule has 6 N–H and O–H groups in total. The zero-order valence-corrected chi connectivity index (χ0v) is 13.2. The Morgan fingerprint density at radius 1 is 1.17 bits per heavy atom. The highest BCUT2D eigenvalue weighted by molar-refractivity contribution is 7.80. The molecular weight excluding hydrogens is 318 g/mol. The van der Waals surface area contributed by atoms with Crippen LogP contribution in [-0.4, -0.2) is 41.4 Å². The first-order valence-electron chi connectivity index (χ1n) is 6.88. The van der Waals surface area contributed by atoms with Gasteiger partial charge in [-0.2, -0.15) is 5.10 Å². The molecule has 0 saturated heterocycles. The van der Waals surface area contributed by atoms with Crippen LogP contribution in [0.1, 0.15) is 18.4 Å². The molecule has 0 aromatic heterocycles. The van der Waals surface area contributed by atoms with Crippen molar-refractivity contribution in [3.05, 3.63) is 29.8 Å². The van der Waals surface area contributed by atoms with Crippen LogP contribution >= 0.6 is 12.2 Å². The summed E-state index contributed by atoms with van der Waals surface area (Å²) in [5.74, 6) is 3.89. The highest BCUT2D eigenvalue weighted by atomic mass is 32.1. The molecule has 0 heterocycles. The molecule has 0 spiro atoms. The van der Waals surface area contributed by atoms with Gasteiger partial charge in [0.2, 0.25) is 5.91 Å². The smallest absolute Gasteiger partial charge is 0.305 e. The number of hydrazone groups is 1. The third kappa shape index (κ3) is 8.37. The summed E-state index contributed by atoms with van der Waals surface area (Å²) in [4.78, 5) is 21.7. The largest absolute Gasteiger partial charge is 0.481 e. The monoisotopic (exact) mass is 337 g/mol. The molecule has 9 heteroatoms. The number of carbonyl (C=O) groups excluding carboxylic acids is 1. The fourth-order valence-corrected chi connectivity index (χ4v) is 1.82. The van der Waals surface area contributed by atoms with E-state index in [-0.39, 0.29) is 25.3 Å². The van der Waals surface area contributed by atoms with Crippen molar-refractivity contribution in [2.24, 2.45) is 10.9 Å². The molecule has 0 aliphatic rings. The lowest BCUT2D eigenvalue weighted by Crippen LogP contribution is -2.33. The van der Waals surface area contributed by atoms with Crippen LogP contribution in [0, 0.1) is 0 Å². The average Bonchev–Trinajstić information content (AvgIpc) is 2.49. The lowest BCUT2D eigenvalue weighted by atomic mass is 10.2. The maximum absolute atomic E-state index is 11.4. The zero-order valence-electron chi connectivity index (χ0n) is 12.4. The molecule has 0 saturated carbocycles. The fourth-order valence-electron chi connectivity index (χ4n) is 1.60. The number of rotatable bonds is 8. The minimum Gasteiger partial charge on any atom is -0.481 e. The number of carboxylic acid groups (broad SMARTS) is 1. The molecule has 1 rings (SSSR count). The molecule has 124 valence electrons. The Hall–Kier alpha value is -2.68. The van der Waals surface area contributed by atoms with Gasteiger partial charge in [0, 0.05) is 25.2 Å². The van der Waals surface area contributed by atoms with Crippen molar-refractivity contribution in [1.29, 1.82) is 0 Å². The molecule has 0 atom stereocenters. The average molecular weight is 337 g/mol. The van der Waals surface area contributed by atoms with Crippen molar-refractivity contribution in [2.45, 2.75) is 12.8 Å². The normalized spacial score (nSPS) is 10.3. The zero-order chi connectivity index (χ0) is 17.1. The van der Waals surface area contributed by atoms with Crippen LogP contribution in [0.25, 0.3) is 0 Å². The molecule has 23 heavy (non-hydrogen) atoms. The number of anilines is 1. The minimum atomic E-state index is -0.947. The van der Waals surface area contributed by atoms with Crippen molar-refractivity contribution in [3.63, 3.8) is 0 Å². The third-order valence-electron chi connectivity index (χ3n) is 2.69. The van der Waals surface area contributed by atoms with Gasteiger partial charge >= 0.3 is 5.97 Å². The molecule has 0 aliphatic heterocycles. The summed E-state index contributed by atoms with van der Waals surface area (Å²) in [6.07, 6.45) is 1.64. The standard InChI is InChI=1S/C14H19N5O3S/c15-18-9-10-1-3-11(4-2-10)19-14(23)17-7-5-12(20)16-8-6-13(21)22/h1-4,9H,5-8,15H2,(H,16,20)(H,21,22)(H2,17,19,23). The molecule has 0 unspecified atom stereocenters. The van der Waals surface area contributed by atoms with Gasteiger partial charge < -0.3 is 26.9 Å². The Labute approximate surface area is 139 Å². The topological polar surface area (TPSA) is 129 Å². The van der Waals surface area contributed by atoms with Gasteiger partial charge in [-0.1, -0.05) is 12.1 Å². The Morgan fingerprint density at radius 3 is 2.43 bits per heavy atom. The Morgan fingerprint density at radius 2 is 1.83 bits per heavy atom. The first kappa shape index (κ1) is 18.4. The van der Waals surface area contributed by atoms with E-state index < -0.39 is 5.97 Å². The second-order valence-electron chi connectivity index (χ2n) is 4.52. The number of nitrogens with two attached hydrogens (primary N) is 1. The van der Waals surface area contributed by atoms with Crippen molar-refractivity contribution in [1.82, 2.24) is 10.6 Å². The maximum atomic E-state index is 11.4. The first-order chi connectivity index (χ1) is 11.0. The number of amides is 1. The highest BCUT2D eigenvalue weighted by Crippen LogP contribution is 2.07. The van der Waals surface area contributed by atoms with Crippen molar-refractivity contribution in [2.75, 3.05) is 18.4 Å². The van der Waals surface area contributed by atoms with Crippen LogP contribution in [-0.2, 0) is 9.59 Å². The molecule has 0 bridgehead atoms. The van der Waals surface area contributed by atoms with E-state index in [4.69, 9.17) is 23.2 Å². The van der Waals surface area contributed by atoms with Crippen molar-refractivity contribution >= 4 is 41.1 Å². The number of carboxylic acids is 1. The number of hydrogen-bond donors (Lipinski definition) is 5. The summed E-state index contributed by atoms with van der Waals surface area (Å²) < 4.78 is 0. The Balaban J connectivity index is 2.23. The van der Waals surface area contributed by atoms with E-state index in [1.54, 1.807) is 0 Å². The number of nitrogens with one attached hydrogen (secondary N) is 3. The van der Waals surface area contributed by atoms with Crippen LogP contribution in [0.2, 0.25) is 0 Å². The van der Waals surface area contributed by atoms with Crippen LogP contribution in [0.15, 0.2) is 29.4 Å². The molecule has 0 aliphatic carbocycles. The quantitative estimate of drug-likeness (QED) is 0.199. The lowest BCUT2D eigenvalue weighted by molar-refractivity contribution is -0.136. The second kappa shape index (κ2) is 10.1. The summed E-state index contributed by atoms with van der Waals surface area (Å²) >= 11 is 5.12. The van der Waals surface area contributed by atoms with Crippen LogP contribution < -0.4 is 21.8 Å². The predicted molar refractivity (Wildman–Crippen MR) is 92.3 cm³/mol. The molecule has 0 fully saturated rings. The van der Waals surface area contributed by atoms with Crippen LogP contribution in [0.4, 0.5) is 5.69 Å². The lowest BCUT2D eigenvalue weighted by Gasteiger charge is -2.10. The Kier molecular flexibility index (Phi) is 8.08. The van der Waals surface area contributed by atoms with Crippen molar-refractivity contribution in [3.8, 4) is 0 Å². The summed E-state index contributed by atoms with van der Waals surface area (Å²) in [5, 5.41) is 20.7. The molecule has 1 amide bonds. The maximum Gasteiger partial charge on any atom is 0.305 e. The number of nitrogens with zero attached hydrogens (tertiary/aromatic N) is 1. The second-order valence-corrected chi connectivity index (χ2v) is 4.93. The van der Waals surface area contributed by atoms with Gasteiger partial charge in [-0.25, -0.2) is 0 Å². The number of aliphatic carboxylic acids is 1. The van der Waals surface area contributed by atoms with Gasteiger partial charge in [-0.15, -0.1) is 0 Å². The van der Waals surface area contributed by atoms with E-state index in [0.29, 0.717) is 11.7 Å². The highest BCUT2D eigenvalue weighted by Gasteiger charge is 2.03. The fraction of sp³-hybridized carbons (Fsp3) is 0.286. The van der Waals surface area contributed by atoms with E-state index in [1.165, 1.54) is 6.21 Å². The molecule has 1 aromatic rings. The van der Waals surface area contributed by atoms with E-state index in [9.17, 15) is 9.59 Å². The van der Waals surface area contributed by atoms with E-state index >= 15 is 0 Å². The van der Waals surface area contributed by atoms with Gasteiger partial charge in [0.1, 0.15) is 0 Å². The third-order valence-corrected chi connectivity index (χ3v) is 2.94. The number of thiocarbonyl (C=S) groups is 1. The molecular formula is C14H19N5O3S. The van der Waals surface area contributed by atoms with Gasteiger partial charge in [0.05, 0.1) is 12.6 Å². The molecule has 8 nitrogen and oxygen atoms in total. The minimum absolute atomic E-state index is 0.0933. The van der Waals surface area contributed by atoms with E-state index in [2.05, 4.69) is 21.1 Å². The summed E-state index contributed by atoms with van der Waals surface area (Å²) in [6.45, 7) is 0.470. The Bertz CT molecular complexity index is 574. The van der Waals surface area contributed by atoms with Crippen LogP contribution in [0.3, 0.4) is 0 Å². The van der Waals surface area contributed by atoms with Gasteiger partial charge in [-0.3, -0.25) is 9.59 Å². The van der Waals surface area contributed by atoms with Crippen LogP contribution in [0.5, 0.6) is 0 Å². The number of benzene rings is 1. The van der Waals surface area contributed by atoms with Gasteiger partial charge in [-0.05, 0) is 29.9 Å². The number of carbonyl (C=O) groups is 2. The van der Waals surface area contributed by atoms with Crippen molar-refractivity contribution < 1.29 is 14.7 Å². The SMILES string of the molecule is NN=Cc1ccc(NC(=S)NCCC(=O)NCCC(=O)O)cc1. The summed E-state index contributed by atoms with van der Waals surface area (Å²) in [6, 6.07) is 7.31. The number of hydrogen-bond acceptors (Lipinski definition) is 5. The van der Waals surface area contributed by atoms with E-state index in [1.807, 2.05) is 24.3 Å². The van der Waals surface area contributed by atoms with Gasteiger partial charge in [0.25, 0.3) is 0 Å². The molecule has 0 radical (unpaired) electrons. The molecule has 1 aromatic carbocycles. The predicted octanol–water partition coefficient (Wildman–Crippen LogP) is 0.247. The van der Waals surface area contributed by atoms with E-state index in [0.717, 1.165) is 11.3 Å². The summed E-state index contributed by atoms with van der Waals surface area (Å²) in [7, 11) is 0. The summed E-state index contributed by atoms with van der Waals surface area (Å²) in [5.41, 5.74) is 1.66.